The summed E-state index contributed by atoms with van der Waals surface area (Å²) in [5.41, 5.74) is 0.860. The fraction of sp³-hybridized carbons (Fsp3) is 0.333. The summed E-state index contributed by atoms with van der Waals surface area (Å²) in [7, 11) is 1.36. The van der Waals surface area contributed by atoms with Crippen LogP contribution in [-0.4, -0.2) is 20.9 Å². The van der Waals surface area contributed by atoms with E-state index < -0.39 is 12.0 Å². The lowest BCUT2D eigenvalue weighted by atomic mass is 10.2. The lowest BCUT2D eigenvalue weighted by molar-refractivity contribution is -0.146. The van der Waals surface area contributed by atoms with Gasteiger partial charge < -0.3 is 5.32 Å². The lowest BCUT2D eigenvalue weighted by Gasteiger charge is -2.12. The molecule has 1 aromatic heterocycles. The van der Waals surface area contributed by atoms with Gasteiger partial charge in [-0.3, -0.25) is 4.57 Å². The first-order chi connectivity index (χ1) is 9.75. The van der Waals surface area contributed by atoms with E-state index in [9.17, 15) is 13.2 Å². The number of nitrogens with zero attached hydrogens (tertiary/aromatic N) is 3. The van der Waals surface area contributed by atoms with E-state index in [1.807, 2.05) is 6.92 Å². The van der Waals surface area contributed by atoms with Crippen LogP contribution < -0.4 is 5.32 Å². The molecule has 2 aromatic rings. The molecule has 0 saturated carbocycles. The number of rotatable bonds is 3. The summed E-state index contributed by atoms with van der Waals surface area (Å²) in [5.74, 6) is -1.10. The number of halogens is 4. The Balaban J connectivity index is 2.65. The zero-order valence-corrected chi connectivity index (χ0v) is 12.8. The Kier molecular flexibility index (Phi) is 4.29. The van der Waals surface area contributed by atoms with Crippen LogP contribution in [0.15, 0.2) is 18.2 Å². The van der Waals surface area contributed by atoms with Gasteiger partial charge in [-0.2, -0.15) is 13.2 Å². The minimum atomic E-state index is -4.63. The summed E-state index contributed by atoms with van der Waals surface area (Å²) < 4.78 is 40.9. The Hall–Kier alpha value is -1.54. The quantitative estimate of drug-likeness (QED) is 0.859. The van der Waals surface area contributed by atoms with Crippen LogP contribution in [0, 0.1) is 4.77 Å². The number of alkyl halides is 3. The molecule has 0 amide bonds. The number of hydrogen-bond acceptors (Lipinski definition) is 3. The van der Waals surface area contributed by atoms with Gasteiger partial charge in [0.15, 0.2) is 0 Å². The van der Waals surface area contributed by atoms with Crippen molar-refractivity contribution in [3.05, 3.63) is 33.8 Å². The predicted octanol–water partition coefficient (Wildman–Crippen LogP) is 4.04. The highest BCUT2D eigenvalue weighted by molar-refractivity contribution is 7.71. The molecule has 0 radical (unpaired) electrons. The minimum Gasteiger partial charge on any atom is -0.385 e. The van der Waals surface area contributed by atoms with E-state index in [1.54, 1.807) is 12.1 Å². The van der Waals surface area contributed by atoms with E-state index in [2.05, 4.69) is 10.4 Å². The van der Waals surface area contributed by atoms with Crippen molar-refractivity contribution in [3.8, 4) is 5.69 Å². The first-order valence-electron chi connectivity index (χ1n) is 6.02. The molecule has 0 aliphatic carbocycles. The number of nitrogens with one attached hydrogen (secondary N) is 1. The standard InChI is InChI=1S/C12H12ClF3N4S/c1-3-17-7-4-5-9(8(13)6-7)20-10(12(14,15)16)18-19(2)11(20)21/h4-6,17H,3H2,1-2H3. The van der Waals surface area contributed by atoms with Gasteiger partial charge in [0.1, 0.15) is 0 Å². The third-order valence-electron chi connectivity index (χ3n) is 2.75. The van der Waals surface area contributed by atoms with E-state index in [-0.39, 0.29) is 15.5 Å². The van der Waals surface area contributed by atoms with Crippen LogP contribution in [0.5, 0.6) is 0 Å². The fourth-order valence-corrected chi connectivity index (χ4v) is 2.36. The zero-order valence-electron chi connectivity index (χ0n) is 11.2. The van der Waals surface area contributed by atoms with Gasteiger partial charge in [0, 0.05) is 19.3 Å². The number of benzene rings is 1. The number of hydrogen-bond donors (Lipinski definition) is 1. The molecular formula is C12H12ClF3N4S. The van der Waals surface area contributed by atoms with E-state index in [0.29, 0.717) is 6.54 Å². The molecule has 0 saturated heterocycles. The molecule has 1 aromatic carbocycles. The maximum atomic E-state index is 13.1. The van der Waals surface area contributed by atoms with Crippen LogP contribution in [0.4, 0.5) is 18.9 Å². The van der Waals surface area contributed by atoms with Crippen LogP contribution in [0.25, 0.3) is 5.69 Å². The van der Waals surface area contributed by atoms with Crippen LogP contribution in [0.1, 0.15) is 12.7 Å². The zero-order chi connectivity index (χ0) is 15.8. The Bertz CT molecular complexity index is 720. The summed E-state index contributed by atoms with van der Waals surface area (Å²) in [4.78, 5) is 0. The maximum Gasteiger partial charge on any atom is 0.452 e. The molecule has 0 aliphatic rings. The monoisotopic (exact) mass is 336 g/mol. The van der Waals surface area contributed by atoms with Gasteiger partial charge >= 0.3 is 6.18 Å². The normalized spacial score (nSPS) is 11.7. The molecule has 0 spiro atoms. The molecule has 114 valence electrons. The highest BCUT2D eigenvalue weighted by Gasteiger charge is 2.38. The SMILES string of the molecule is CCNc1ccc(-n2c(C(F)(F)F)nn(C)c2=S)c(Cl)c1. The summed E-state index contributed by atoms with van der Waals surface area (Å²) in [5, 5.41) is 6.62. The molecule has 2 rings (SSSR count). The average Bonchev–Trinajstić information content (AvgIpc) is 2.67. The second-order valence-corrected chi connectivity index (χ2v) is 5.03. The smallest absolute Gasteiger partial charge is 0.385 e. The molecule has 0 atom stereocenters. The third-order valence-corrected chi connectivity index (χ3v) is 3.50. The second-order valence-electron chi connectivity index (χ2n) is 4.26. The molecule has 4 nitrogen and oxygen atoms in total. The molecule has 1 N–H and O–H groups in total. The van der Waals surface area contributed by atoms with E-state index in [1.165, 1.54) is 13.1 Å². The molecular weight excluding hydrogens is 325 g/mol. The second kappa shape index (κ2) is 5.69. The van der Waals surface area contributed by atoms with Gasteiger partial charge in [0.05, 0.1) is 10.7 Å². The summed E-state index contributed by atoms with van der Waals surface area (Å²) in [6.45, 7) is 2.58. The molecule has 9 heteroatoms. The van der Waals surface area contributed by atoms with Crippen molar-refractivity contribution >= 4 is 29.5 Å². The van der Waals surface area contributed by atoms with Crippen molar-refractivity contribution in [3.63, 3.8) is 0 Å². The predicted molar refractivity (Wildman–Crippen MR) is 77.5 cm³/mol. The molecule has 21 heavy (non-hydrogen) atoms. The first-order valence-corrected chi connectivity index (χ1v) is 6.81. The highest BCUT2D eigenvalue weighted by Crippen LogP contribution is 2.33. The number of aryl methyl sites for hydroxylation is 1. The van der Waals surface area contributed by atoms with Gasteiger partial charge in [-0.1, -0.05) is 11.6 Å². The molecule has 0 bridgehead atoms. The van der Waals surface area contributed by atoms with Crippen molar-refractivity contribution in [1.82, 2.24) is 14.3 Å². The Morgan fingerprint density at radius 3 is 2.57 bits per heavy atom. The largest absolute Gasteiger partial charge is 0.452 e. The highest BCUT2D eigenvalue weighted by atomic mass is 35.5. The summed E-state index contributed by atoms with van der Waals surface area (Å²) in [6.07, 6.45) is -4.63. The van der Waals surface area contributed by atoms with E-state index in [4.69, 9.17) is 23.8 Å². The maximum absolute atomic E-state index is 13.1. The van der Waals surface area contributed by atoms with Crippen molar-refractivity contribution < 1.29 is 13.2 Å². The van der Waals surface area contributed by atoms with Crippen LogP contribution in [0.2, 0.25) is 5.02 Å². The Morgan fingerprint density at radius 1 is 1.38 bits per heavy atom. The Labute approximate surface area is 129 Å². The summed E-state index contributed by atoms with van der Waals surface area (Å²) in [6, 6.07) is 4.67. The number of aromatic nitrogens is 3. The molecule has 0 unspecified atom stereocenters. The fourth-order valence-electron chi connectivity index (χ4n) is 1.87. The van der Waals surface area contributed by atoms with Crippen LogP contribution in [-0.2, 0) is 13.2 Å². The van der Waals surface area contributed by atoms with Crippen molar-refractivity contribution in [2.24, 2.45) is 7.05 Å². The van der Waals surface area contributed by atoms with Gasteiger partial charge in [-0.15, -0.1) is 5.10 Å². The first kappa shape index (κ1) is 15.8. The molecule has 1 heterocycles. The van der Waals surface area contributed by atoms with Crippen molar-refractivity contribution in [2.75, 3.05) is 11.9 Å². The minimum absolute atomic E-state index is 0.0829. The summed E-state index contributed by atoms with van der Waals surface area (Å²) >= 11 is 11.1. The van der Waals surface area contributed by atoms with Crippen LogP contribution in [0.3, 0.4) is 0 Å². The number of anilines is 1. The van der Waals surface area contributed by atoms with Gasteiger partial charge in [0.25, 0.3) is 0 Å². The van der Waals surface area contributed by atoms with E-state index >= 15 is 0 Å². The van der Waals surface area contributed by atoms with Gasteiger partial charge in [-0.05, 0) is 37.3 Å². The van der Waals surface area contributed by atoms with Gasteiger partial charge in [-0.25, -0.2) is 4.68 Å². The third kappa shape index (κ3) is 3.06. The van der Waals surface area contributed by atoms with Crippen molar-refractivity contribution in [1.29, 1.82) is 0 Å². The van der Waals surface area contributed by atoms with Gasteiger partial charge in [0.2, 0.25) is 10.6 Å². The van der Waals surface area contributed by atoms with Crippen molar-refractivity contribution in [2.45, 2.75) is 13.1 Å². The Morgan fingerprint density at radius 2 is 2.05 bits per heavy atom. The van der Waals surface area contributed by atoms with E-state index in [0.717, 1.165) is 14.9 Å². The average molecular weight is 337 g/mol. The topological polar surface area (TPSA) is 34.8 Å². The molecule has 0 fully saturated rings. The molecule has 0 aliphatic heterocycles. The lowest BCUT2D eigenvalue weighted by Crippen LogP contribution is -2.14. The van der Waals surface area contributed by atoms with Crippen LogP contribution >= 0.6 is 23.8 Å².